The number of hydrogen-bond acceptors (Lipinski definition) is 1. The molecule has 0 bridgehead atoms. The molecular weight excluding hydrogens is 259 g/mol. The smallest absolute Gasteiger partial charge is 0.425 e. The van der Waals surface area contributed by atoms with Gasteiger partial charge in [0.1, 0.15) is 5.75 Å². The molecule has 1 nitrogen and oxygen atoms in total. The first-order chi connectivity index (χ1) is 6.74. The number of hydrogen-bond donors (Lipinski definition) is 0. The van der Waals surface area contributed by atoms with Gasteiger partial charge in [0.2, 0.25) is 0 Å². The van der Waals surface area contributed by atoms with Gasteiger partial charge in [0.05, 0.1) is 5.02 Å². The molecule has 1 aromatic carbocycles. The fourth-order valence-electron chi connectivity index (χ4n) is 0.723. The maximum atomic E-state index is 12.6. The summed E-state index contributed by atoms with van der Waals surface area (Å²) in [6, 6.07) is 4.99. The van der Waals surface area contributed by atoms with E-state index in [1.165, 1.54) is 18.2 Å². The Bertz CT molecular complexity index is 351. The van der Waals surface area contributed by atoms with E-state index in [2.05, 4.69) is 16.3 Å². The largest absolute Gasteiger partial charge is 0.480 e. The van der Waals surface area contributed by atoms with Crippen molar-refractivity contribution in [1.82, 2.24) is 0 Å². The summed E-state index contributed by atoms with van der Waals surface area (Å²) in [6.07, 6.45) is -4.82. The third kappa shape index (κ3) is 2.89. The minimum Gasteiger partial charge on any atom is -0.425 e. The van der Waals surface area contributed by atoms with Gasteiger partial charge in [-0.3, -0.25) is 0 Å². The lowest BCUT2D eigenvalue weighted by atomic mass is 10.3. The summed E-state index contributed by atoms with van der Waals surface area (Å²) in [6.45, 7) is 0. The highest BCUT2D eigenvalue weighted by Gasteiger charge is 2.58. The van der Waals surface area contributed by atoms with E-state index >= 15 is 0 Å². The summed E-state index contributed by atoms with van der Waals surface area (Å²) in [7, 11) is 0. The average molecular weight is 263 g/mol. The minimum absolute atomic E-state index is 0.210. The lowest BCUT2D eigenvalue weighted by Gasteiger charge is -2.21. The molecule has 1 aromatic rings. The predicted molar refractivity (Wildman–Crippen MR) is 47.8 cm³/mol. The SMILES string of the molecule is FC(F)(Cl)C(F)(F)Oc1ccccc1Cl. The molecular formula is C8H4Cl2F4O. The number of ether oxygens (including phenoxy) is 1. The van der Waals surface area contributed by atoms with E-state index in [4.69, 9.17) is 11.6 Å². The molecule has 0 atom stereocenters. The van der Waals surface area contributed by atoms with Gasteiger partial charge in [0.15, 0.2) is 0 Å². The zero-order valence-corrected chi connectivity index (χ0v) is 8.50. The van der Waals surface area contributed by atoms with Crippen LogP contribution in [0.2, 0.25) is 5.02 Å². The number of benzene rings is 1. The molecule has 0 radical (unpaired) electrons. The molecule has 0 saturated carbocycles. The van der Waals surface area contributed by atoms with Crippen molar-refractivity contribution in [2.75, 3.05) is 0 Å². The normalized spacial score (nSPS) is 12.7. The van der Waals surface area contributed by atoms with Gasteiger partial charge in [-0.2, -0.15) is 17.6 Å². The van der Waals surface area contributed by atoms with Crippen molar-refractivity contribution in [2.24, 2.45) is 0 Å². The van der Waals surface area contributed by atoms with Gasteiger partial charge in [0, 0.05) is 0 Å². The van der Waals surface area contributed by atoms with Gasteiger partial charge in [-0.1, -0.05) is 23.7 Å². The maximum absolute atomic E-state index is 12.6. The van der Waals surface area contributed by atoms with Crippen molar-refractivity contribution in [3.8, 4) is 5.75 Å². The Morgan fingerprint density at radius 1 is 1.07 bits per heavy atom. The number of halogens is 6. The highest BCUT2D eigenvalue weighted by Crippen LogP contribution is 2.40. The molecule has 0 aliphatic rings. The highest BCUT2D eigenvalue weighted by molar-refractivity contribution is 6.32. The number of rotatable bonds is 3. The van der Waals surface area contributed by atoms with Crippen LogP contribution in [-0.2, 0) is 0 Å². The Kier molecular flexibility index (Phi) is 3.35. The lowest BCUT2D eigenvalue weighted by molar-refractivity contribution is -0.273. The molecule has 0 aromatic heterocycles. The average Bonchev–Trinajstić information content (AvgIpc) is 2.06. The second-order valence-electron chi connectivity index (χ2n) is 2.55. The van der Waals surface area contributed by atoms with Crippen LogP contribution in [0, 0.1) is 0 Å². The molecule has 0 fully saturated rings. The number of alkyl halides is 5. The van der Waals surface area contributed by atoms with Crippen LogP contribution >= 0.6 is 23.2 Å². The minimum atomic E-state index is -4.82. The van der Waals surface area contributed by atoms with Crippen LogP contribution in [0.3, 0.4) is 0 Å². The number of para-hydroxylation sites is 1. The van der Waals surface area contributed by atoms with E-state index in [0.29, 0.717) is 0 Å². The van der Waals surface area contributed by atoms with Crippen LogP contribution in [-0.4, -0.2) is 11.5 Å². The van der Waals surface area contributed by atoms with Crippen LogP contribution in [0.1, 0.15) is 0 Å². The second kappa shape index (κ2) is 4.06. The Labute approximate surface area is 92.5 Å². The van der Waals surface area contributed by atoms with Crippen LogP contribution in [0.5, 0.6) is 5.75 Å². The molecule has 0 aliphatic heterocycles. The first-order valence-corrected chi connectivity index (χ1v) is 4.38. The third-order valence-electron chi connectivity index (χ3n) is 1.40. The Hall–Kier alpha value is -0.680. The van der Waals surface area contributed by atoms with E-state index in [1.54, 1.807) is 0 Å². The Morgan fingerprint density at radius 2 is 1.60 bits per heavy atom. The topological polar surface area (TPSA) is 9.23 Å². The second-order valence-corrected chi connectivity index (χ2v) is 3.43. The maximum Gasteiger partial charge on any atom is 0.480 e. The van der Waals surface area contributed by atoms with Crippen molar-refractivity contribution in [2.45, 2.75) is 11.5 Å². The zero-order valence-electron chi connectivity index (χ0n) is 6.99. The molecule has 7 heteroatoms. The van der Waals surface area contributed by atoms with E-state index < -0.39 is 17.2 Å². The van der Waals surface area contributed by atoms with E-state index in [0.717, 1.165) is 6.07 Å². The summed E-state index contributed by atoms with van der Waals surface area (Å²) in [5, 5.41) is -5.01. The molecule has 0 spiro atoms. The van der Waals surface area contributed by atoms with E-state index in [1.807, 2.05) is 0 Å². The Morgan fingerprint density at radius 3 is 2.07 bits per heavy atom. The molecule has 0 heterocycles. The standard InChI is InChI=1S/C8H4Cl2F4O/c9-5-3-1-2-4-6(5)15-8(13,14)7(10,11)12/h1-4H. The van der Waals surface area contributed by atoms with E-state index in [9.17, 15) is 17.6 Å². The zero-order chi connectivity index (χ0) is 11.7. The summed E-state index contributed by atoms with van der Waals surface area (Å²) in [5.74, 6) is -0.565. The van der Waals surface area contributed by atoms with Crippen LogP contribution in [0.25, 0.3) is 0 Å². The highest BCUT2D eigenvalue weighted by atomic mass is 35.5. The van der Waals surface area contributed by atoms with Crippen LogP contribution < -0.4 is 4.74 Å². The fraction of sp³-hybridized carbons (Fsp3) is 0.250. The molecule has 0 amide bonds. The summed E-state index contributed by atoms with van der Waals surface area (Å²) >= 11 is 9.61. The lowest BCUT2D eigenvalue weighted by Crippen LogP contribution is -2.41. The Balaban J connectivity index is 2.92. The fourth-order valence-corrected chi connectivity index (χ4v) is 0.936. The monoisotopic (exact) mass is 262 g/mol. The van der Waals surface area contributed by atoms with Crippen molar-refractivity contribution in [3.05, 3.63) is 29.3 Å². The first kappa shape index (κ1) is 12.4. The molecule has 0 aliphatic carbocycles. The predicted octanol–water partition coefficient (Wildman–Crippen LogP) is 4.14. The van der Waals surface area contributed by atoms with Crippen LogP contribution in [0.4, 0.5) is 17.6 Å². The van der Waals surface area contributed by atoms with Crippen molar-refractivity contribution >= 4 is 23.2 Å². The summed E-state index contributed by atoms with van der Waals surface area (Å²) < 4.78 is 53.3. The molecule has 0 saturated heterocycles. The summed E-state index contributed by atoms with van der Waals surface area (Å²) in [5.41, 5.74) is 0. The van der Waals surface area contributed by atoms with Gasteiger partial charge < -0.3 is 4.74 Å². The van der Waals surface area contributed by atoms with Gasteiger partial charge in [0.25, 0.3) is 0 Å². The van der Waals surface area contributed by atoms with Gasteiger partial charge in [-0.05, 0) is 23.7 Å². The molecule has 15 heavy (non-hydrogen) atoms. The van der Waals surface area contributed by atoms with Crippen molar-refractivity contribution in [3.63, 3.8) is 0 Å². The first-order valence-electron chi connectivity index (χ1n) is 3.62. The molecule has 84 valence electrons. The van der Waals surface area contributed by atoms with Gasteiger partial charge in [-0.25, -0.2) is 0 Å². The van der Waals surface area contributed by atoms with Gasteiger partial charge in [-0.15, -0.1) is 0 Å². The summed E-state index contributed by atoms with van der Waals surface area (Å²) in [4.78, 5) is 0. The van der Waals surface area contributed by atoms with Gasteiger partial charge >= 0.3 is 11.5 Å². The quantitative estimate of drug-likeness (QED) is 0.588. The molecule has 1 rings (SSSR count). The third-order valence-corrected chi connectivity index (χ3v) is 1.94. The molecule has 0 N–H and O–H groups in total. The van der Waals surface area contributed by atoms with Crippen molar-refractivity contribution < 1.29 is 22.3 Å². The van der Waals surface area contributed by atoms with E-state index in [-0.39, 0.29) is 5.02 Å². The molecule has 0 unspecified atom stereocenters. The van der Waals surface area contributed by atoms with Crippen molar-refractivity contribution in [1.29, 1.82) is 0 Å². The van der Waals surface area contributed by atoms with Crippen LogP contribution in [0.15, 0.2) is 24.3 Å².